The molecule has 2 aromatic rings. The number of ether oxygens (including phenoxy) is 1. The number of aromatic nitrogens is 2. The highest BCUT2D eigenvalue weighted by Gasteiger charge is 2.23. The van der Waals surface area contributed by atoms with Crippen LogP contribution in [-0.2, 0) is 5.75 Å². The van der Waals surface area contributed by atoms with Crippen molar-refractivity contribution in [3.05, 3.63) is 48.2 Å². The third-order valence-corrected chi connectivity index (χ3v) is 3.64. The standard InChI is InChI=1S/C14H14N2OS/c1-2-4-11(5-3-1)10-18-14-8-13(9-15-16-14)17-12-6-7-12/h1-5,8-9,12H,6-7,10H2. The lowest BCUT2D eigenvalue weighted by atomic mass is 10.2. The Morgan fingerprint density at radius 1 is 1.22 bits per heavy atom. The Morgan fingerprint density at radius 2 is 2.06 bits per heavy atom. The number of thioether (sulfide) groups is 1. The molecule has 4 heteroatoms. The molecule has 1 heterocycles. The summed E-state index contributed by atoms with van der Waals surface area (Å²) in [7, 11) is 0. The monoisotopic (exact) mass is 258 g/mol. The summed E-state index contributed by atoms with van der Waals surface area (Å²) in [5.74, 6) is 1.74. The van der Waals surface area contributed by atoms with Gasteiger partial charge in [0.25, 0.3) is 0 Å². The molecule has 0 atom stereocenters. The van der Waals surface area contributed by atoms with Crippen LogP contribution < -0.4 is 4.74 Å². The summed E-state index contributed by atoms with van der Waals surface area (Å²) < 4.78 is 5.70. The summed E-state index contributed by atoms with van der Waals surface area (Å²) >= 11 is 1.68. The summed E-state index contributed by atoms with van der Waals surface area (Å²) in [5, 5.41) is 9.01. The summed E-state index contributed by atoms with van der Waals surface area (Å²) in [6.07, 6.45) is 4.41. The van der Waals surface area contributed by atoms with Crippen LogP contribution in [0.4, 0.5) is 0 Å². The minimum absolute atomic E-state index is 0.404. The second kappa shape index (κ2) is 5.40. The van der Waals surface area contributed by atoms with Gasteiger partial charge in [0.2, 0.25) is 0 Å². The predicted molar refractivity (Wildman–Crippen MR) is 71.7 cm³/mol. The van der Waals surface area contributed by atoms with Crippen molar-refractivity contribution >= 4 is 11.8 Å². The van der Waals surface area contributed by atoms with E-state index in [0.29, 0.717) is 6.10 Å². The molecule has 1 saturated carbocycles. The van der Waals surface area contributed by atoms with Gasteiger partial charge in [-0.25, -0.2) is 0 Å². The quantitative estimate of drug-likeness (QED) is 0.771. The molecule has 1 fully saturated rings. The van der Waals surface area contributed by atoms with E-state index in [2.05, 4.69) is 22.3 Å². The van der Waals surface area contributed by atoms with Gasteiger partial charge in [-0.2, -0.15) is 5.10 Å². The molecular formula is C14H14N2OS. The van der Waals surface area contributed by atoms with Gasteiger partial charge in [0.05, 0.1) is 12.3 Å². The number of benzene rings is 1. The lowest BCUT2D eigenvalue weighted by molar-refractivity contribution is 0.300. The Morgan fingerprint density at radius 3 is 2.83 bits per heavy atom. The minimum atomic E-state index is 0.404. The summed E-state index contributed by atoms with van der Waals surface area (Å²) in [6, 6.07) is 12.3. The molecule has 0 aliphatic heterocycles. The maximum atomic E-state index is 5.70. The first-order valence-electron chi connectivity index (χ1n) is 6.06. The van der Waals surface area contributed by atoms with Crippen molar-refractivity contribution < 1.29 is 4.74 Å². The molecular weight excluding hydrogens is 244 g/mol. The van der Waals surface area contributed by atoms with Crippen LogP contribution in [0, 0.1) is 0 Å². The van der Waals surface area contributed by atoms with Gasteiger partial charge in [0.1, 0.15) is 10.8 Å². The molecule has 92 valence electrons. The highest BCUT2D eigenvalue weighted by Crippen LogP contribution is 2.28. The zero-order valence-corrected chi connectivity index (χ0v) is 10.8. The lowest BCUT2D eigenvalue weighted by Gasteiger charge is -2.05. The fourth-order valence-corrected chi connectivity index (χ4v) is 2.39. The van der Waals surface area contributed by atoms with Crippen molar-refractivity contribution in [3.8, 4) is 5.75 Å². The van der Waals surface area contributed by atoms with Crippen LogP contribution in [0.3, 0.4) is 0 Å². The fourth-order valence-electron chi connectivity index (χ4n) is 1.58. The zero-order chi connectivity index (χ0) is 12.2. The number of rotatable bonds is 5. The third-order valence-electron chi connectivity index (χ3n) is 2.66. The molecule has 0 radical (unpaired) electrons. The Balaban J connectivity index is 1.61. The minimum Gasteiger partial charge on any atom is -0.489 e. The Labute approximate surface area is 111 Å². The molecule has 0 unspecified atom stereocenters. The van der Waals surface area contributed by atoms with Gasteiger partial charge in [0.15, 0.2) is 0 Å². The van der Waals surface area contributed by atoms with E-state index in [0.717, 1.165) is 29.4 Å². The molecule has 18 heavy (non-hydrogen) atoms. The molecule has 1 aromatic carbocycles. The van der Waals surface area contributed by atoms with E-state index in [-0.39, 0.29) is 0 Å². The van der Waals surface area contributed by atoms with Crippen molar-refractivity contribution in [2.45, 2.75) is 29.7 Å². The van der Waals surface area contributed by atoms with Crippen molar-refractivity contribution in [1.82, 2.24) is 10.2 Å². The fraction of sp³-hybridized carbons (Fsp3) is 0.286. The van der Waals surface area contributed by atoms with Crippen molar-refractivity contribution in [3.63, 3.8) is 0 Å². The molecule has 0 spiro atoms. The maximum absolute atomic E-state index is 5.70. The van der Waals surface area contributed by atoms with Gasteiger partial charge in [-0.05, 0) is 18.4 Å². The molecule has 1 aromatic heterocycles. The third kappa shape index (κ3) is 3.23. The normalized spacial score (nSPS) is 14.4. The van der Waals surface area contributed by atoms with E-state index in [1.165, 1.54) is 5.56 Å². The molecule has 3 nitrogen and oxygen atoms in total. The van der Waals surface area contributed by atoms with Crippen molar-refractivity contribution in [2.24, 2.45) is 0 Å². The first-order valence-corrected chi connectivity index (χ1v) is 7.05. The Kier molecular flexibility index (Phi) is 3.46. The highest BCUT2D eigenvalue weighted by atomic mass is 32.2. The van der Waals surface area contributed by atoms with E-state index in [4.69, 9.17) is 4.74 Å². The van der Waals surface area contributed by atoms with Crippen LogP contribution in [-0.4, -0.2) is 16.3 Å². The summed E-state index contributed by atoms with van der Waals surface area (Å²) in [6.45, 7) is 0. The van der Waals surface area contributed by atoms with Gasteiger partial charge in [-0.15, -0.1) is 5.10 Å². The largest absolute Gasteiger partial charge is 0.489 e. The molecule has 0 saturated heterocycles. The van der Waals surface area contributed by atoms with E-state index < -0.39 is 0 Å². The maximum Gasteiger partial charge on any atom is 0.142 e. The lowest BCUT2D eigenvalue weighted by Crippen LogP contribution is -1.97. The van der Waals surface area contributed by atoms with Crippen LogP contribution in [0.1, 0.15) is 18.4 Å². The van der Waals surface area contributed by atoms with Gasteiger partial charge >= 0.3 is 0 Å². The van der Waals surface area contributed by atoms with E-state index in [1.807, 2.05) is 24.3 Å². The SMILES string of the molecule is c1ccc(CSc2cc(OC3CC3)cnn2)cc1. The van der Waals surface area contributed by atoms with Crippen LogP contribution in [0.15, 0.2) is 47.6 Å². The molecule has 1 aliphatic carbocycles. The summed E-state index contributed by atoms with van der Waals surface area (Å²) in [4.78, 5) is 0. The molecule has 0 N–H and O–H groups in total. The smallest absolute Gasteiger partial charge is 0.142 e. The average molecular weight is 258 g/mol. The van der Waals surface area contributed by atoms with Crippen LogP contribution >= 0.6 is 11.8 Å². The first kappa shape index (κ1) is 11.5. The van der Waals surface area contributed by atoms with Gasteiger partial charge < -0.3 is 4.74 Å². The van der Waals surface area contributed by atoms with Crippen LogP contribution in [0.2, 0.25) is 0 Å². The molecule has 0 bridgehead atoms. The molecule has 3 rings (SSSR count). The number of hydrogen-bond acceptors (Lipinski definition) is 4. The predicted octanol–water partition coefficient (Wildman–Crippen LogP) is 3.31. The van der Waals surface area contributed by atoms with Gasteiger partial charge in [0, 0.05) is 11.8 Å². The molecule has 0 amide bonds. The summed E-state index contributed by atoms with van der Waals surface area (Å²) in [5.41, 5.74) is 1.29. The average Bonchev–Trinajstić information content (AvgIpc) is 3.22. The Hall–Kier alpha value is -1.55. The first-order chi connectivity index (χ1) is 8.90. The second-order valence-corrected chi connectivity index (χ2v) is 5.32. The van der Waals surface area contributed by atoms with E-state index >= 15 is 0 Å². The van der Waals surface area contributed by atoms with Crippen molar-refractivity contribution in [2.75, 3.05) is 0 Å². The van der Waals surface area contributed by atoms with E-state index in [9.17, 15) is 0 Å². The number of hydrogen-bond donors (Lipinski definition) is 0. The zero-order valence-electron chi connectivity index (χ0n) is 9.95. The highest BCUT2D eigenvalue weighted by molar-refractivity contribution is 7.98. The Bertz CT molecular complexity index is 514. The van der Waals surface area contributed by atoms with E-state index in [1.54, 1.807) is 18.0 Å². The second-order valence-electron chi connectivity index (χ2n) is 4.32. The van der Waals surface area contributed by atoms with Crippen LogP contribution in [0.5, 0.6) is 5.75 Å². The van der Waals surface area contributed by atoms with Gasteiger partial charge in [-0.3, -0.25) is 0 Å². The van der Waals surface area contributed by atoms with Gasteiger partial charge in [-0.1, -0.05) is 42.1 Å². The van der Waals surface area contributed by atoms with Crippen molar-refractivity contribution in [1.29, 1.82) is 0 Å². The topological polar surface area (TPSA) is 35.0 Å². The molecule has 1 aliphatic rings. The number of nitrogens with zero attached hydrogens (tertiary/aromatic N) is 2. The van der Waals surface area contributed by atoms with Crippen LogP contribution in [0.25, 0.3) is 0 Å².